The van der Waals surface area contributed by atoms with Crippen LogP contribution < -0.4 is 11.1 Å². The lowest BCUT2D eigenvalue weighted by Crippen LogP contribution is -2.15. The summed E-state index contributed by atoms with van der Waals surface area (Å²) in [5.41, 5.74) is 6.35. The summed E-state index contributed by atoms with van der Waals surface area (Å²) in [6.07, 6.45) is 1.58. The molecule has 16 heavy (non-hydrogen) atoms. The predicted octanol–water partition coefficient (Wildman–Crippen LogP) is 0.987. The van der Waals surface area contributed by atoms with Gasteiger partial charge < -0.3 is 15.8 Å². The minimum absolute atomic E-state index is 0.414. The van der Waals surface area contributed by atoms with Gasteiger partial charge in [0.05, 0.1) is 13.2 Å². The molecule has 3 N–H and O–H groups in total. The molecule has 5 nitrogen and oxygen atoms in total. The van der Waals surface area contributed by atoms with Crippen molar-refractivity contribution in [3.8, 4) is 0 Å². The summed E-state index contributed by atoms with van der Waals surface area (Å²) in [5, 5.41) is 3.18. The molecule has 0 aliphatic carbocycles. The number of anilines is 1. The first-order valence-corrected chi connectivity index (χ1v) is 5.57. The summed E-state index contributed by atoms with van der Waals surface area (Å²) in [6.45, 7) is 6.74. The fourth-order valence-corrected chi connectivity index (χ4v) is 1.22. The molecule has 0 aliphatic heterocycles. The maximum absolute atomic E-state index is 5.31. The van der Waals surface area contributed by atoms with E-state index in [1.807, 2.05) is 6.07 Å². The van der Waals surface area contributed by atoms with E-state index in [9.17, 15) is 0 Å². The first-order chi connectivity index (χ1) is 7.74. The Labute approximate surface area is 96.4 Å². The van der Waals surface area contributed by atoms with E-state index < -0.39 is 0 Å². The molecule has 0 fully saturated rings. The van der Waals surface area contributed by atoms with Crippen molar-refractivity contribution in [1.82, 2.24) is 9.97 Å². The molecular formula is C11H20N4O. The summed E-state index contributed by atoms with van der Waals surface area (Å²) in [7, 11) is 0. The maximum atomic E-state index is 5.31. The van der Waals surface area contributed by atoms with Crippen molar-refractivity contribution in [3.63, 3.8) is 0 Å². The van der Waals surface area contributed by atoms with Crippen LogP contribution in [0.1, 0.15) is 25.5 Å². The molecule has 5 heteroatoms. The number of ether oxygens (including phenoxy) is 1. The van der Waals surface area contributed by atoms with E-state index in [1.165, 1.54) is 0 Å². The fraction of sp³-hybridized carbons (Fsp3) is 0.636. The Balaban J connectivity index is 2.33. The molecular weight excluding hydrogens is 204 g/mol. The first kappa shape index (κ1) is 12.9. The maximum Gasteiger partial charge on any atom is 0.129 e. The first-order valence-electron chi connectivity index (χ1n) is 5.57. The number of nitrogens with one attached hydrogen (secondary N) is 1. The Bertz CT molecular complexity index is 304. The van der Waals surface area contributed by atoms with Gasteiger partial charge in [-0.3, -0.25) is 0 Å². The highest BCUT2D eigenvalue weighted by atomic mass is 16.5. The molecule has 90 valence electrons. The number of hydrogen-bond acceptors (Lipinski definition) is 5. The van der Waals surface area contributed by atoms with Crippen LogP contribution >= 0.6 is 0 Å². The minimum atomic E-state index is 0.414. The Morgan fingerprint density at radius 3 is 2.88 bits per heavy atom. The van der Waals surface area contributed by atoms with Crippen LogP contribution in [0.4, 0.5) is 5.82 Å². The largest absolute Gasteiger partial charge is 0.378 e. The molecule has 0 spiro atoms. The standard InChI is InChI=1S/C11H20N4O/c1-9(2)10-7-11(15-8-14-10)13-4-6-16-5-3-12/h7-9H,3-6,12H2,1-2H3,(H,13,14,15). The molecule has 0 atom stereocenters. The normalized spacial score (nSPS) is 10.8. The van der Waals surface area contributed by atoms with Gasteiger partial charge in [0.25, 0.3) is 0 Å². The van der Waals surface area contributed by atoms with Crippen molar-refractivity contribution in [2.75, 3.05) is 31.6 Å². The van der Waals surface area contributed by atoms with E-state index in [1.54, 1.807) is 6.33 Å². The second-order valence-corrected chi connectivity index (χ2v) is 3.81. The second-order valence-electron chi connectivity index (χ2n) is 3.81. The fourth-order valence-electron chi connectivity index (χ4n) is 1.22. The molecule has 1 aromatic heterocycles. The number of aromatic nitrogens is 2. The highest BCUT2D eigenvalue weighted by Crippen LogP contribution is 2.13. The topological polar surface area (TPSA) is 73.1 Å². The zero-order chi connectivity index (χ0) is 11.8. The molecule has 0 aliphatic rings. The van der Waals surface area contributed by atoms with Gasteiger partial charge in [-0.1, -0.05) is 13.8 Å². The van der Waals surface area contributed by atoms with Gasteiger partial charge in [0.2, 0.25) is 0 Å². The van der Waals surface area contributed by atoms with Gasteiger partial charge in [0, 0.05) is 24.8 Å². The molecule has 0 unspecified atom stereocenters. The smallest absolute Gasteiger partial charge is 0.129 e. The van der Waals surface area contributed by atoms with Gasteiger partial charge in [0.15, 0.2) is 0 Å². The number of rotatable bonds is 7. The van der Waals surface area contributed by atoms with Crippen LogP contribution in [0.2, 0.25) is 0 Å². The Hall–Kier alpha value is -1.20. The zero-order valence-corrected chi connectivity index (χ0v) is 9.94. The number of nitrogens with two attached hydrogens (primary N) is 1. The molecule has 1 aromatic rings. The Kier molecular flexibility index (Phi) is 5.74. The van der Waals surface area contributed by atoms with Gasteiger partial charge >= 0.3 is 0 Å². The van der Waals surface area contributed by atoms with E-state index in [-0.39, 0.29) is 0 Å². The van der Waals surface area contributed by atoms with Crippen LogP contribution in [0.15, 0.2) is 12.4 Å². The third-order valence-corrected chi connectivity index (χ3v) is 2.09. The summed E-state index contributed by atoms with van der Waals surface area (Å²) >= 11 is 0. The number of nitrogens with zero attached hydrogens (tertiary/aromatic N) is 2. The predicted molar refractivity (Wildman–Crippen MR) is 64.5 cm³/mol. The molecule has 1 heterocycles. The van der Waals surface area contributed by atoms with Crippen LogP contribution in [0.25, 0.3) is 0 Å². The Morgan fingerprint density at radius 1 is 1.38 bits per heavy atom. The lowest BCUT2D eigenvalue weighted by Gasteiger charge is -2.08. The van der Waals surface area contributed by atoms with Crippen molar-refractivity contribution in [2.45, 2.75) is 19.8 Å². The van der Waals surface area contributed by atoms with E-state index in [4.69, 9.17) is 10.5 Å². The van der Waals surface area contributed by atoms with Crippen molar-refractivity contribution >= 4 is 5.82 Å². The van der Waals surface area contributed by atoms with Crippen molar-refractivity contribution < 1.29 is 4.74 Å². The van der Waals surface area contributed by atoms with Crippen molar-refractivity contribution in [1.29, 1.82) is 0 Å². The lowest BCUT2D eigenvalue weighted by atomic mass is 10.1. The average Bonchev–Trinajstić information content (AvgIpc) is 2.29. The van der Waals surface area contributed by atoms with E-state index in [2.05, 4.69) is 29.1 Å². The van der Waals surface area contributed by atoms with Gasteiger partial charge in [-0.05, 0) is 5.92 Å². The third-order valence-electron chi connectivity index (χ3n) is 2.09. The highest BCUT2D eigenvalue weighted by molar-refractivity contribution is 5.35. The number of hydrogen-bond donors (Lipinski definition) is 2. The van der Waals surface area contributed by atoms with Crippen LogP contribution in [0, 0.1) is 0 Å². The molecule has 0 saturated heterocycles. The Morgan fingerprint density at radius 2 is 2.19 bits per heavy atom. The quantitative estimate of drug-likeness (QED) is 0.676. The van der Waals surface area contributed by atoms with Crippen LogP contribution in [-0.4, -0.2) is 36.3 Å². The third kappa shape index (κ3) is 4.55. The molecule has 0 amide bonds. The SMILES string of the molecule is CC(C)c1cc(NCCOCCN)ncn1. The average molecular weight is 224 g/mol. The molecule has 0 radical (unpaired) electrons. The lowest BCUT2D eigenvalue weighted by molar-refractivity contribution is 0.151. The van der Waals surface area contributed by atoms with Crippen molar-refractivity contribution in [3.05, 3.63) is 18.1 Å². The van der Waals surface area contributed by atoms with Crippen LogP contribution in [-0.2, 0) is 4.74 Å². The monoisotopic (exact) mass is 224 g/mol. The van der Waals surface area contributed by atoms with E-state index >= 15 is 0 Å². The van der Waals surface area contributed by atoms with E-state index in [0.29, 0.717) is 25.7 Å². The van der Waals surface area contributed by atoms with Gasteiger partial charge in [-0.25, -0.2) is 9.97 Å². The van der Waals surface area contributed by atoms with E-state index in [0.717, 1.165) is 18.1 Å². The van der Waals surface area contributed by atoms with Gasteiger partial charge in [-0.2, -0.15) is 0 Å². The van der Waals surface area contributed by atoms with Gasteiger partial charge in [-0.15, -0.1) is 0 Å². The molecule has 0 aromatic carbocycles. The summed E-state index contributed by atoms with van der Waals surface area (Å²) in [4.78, 5) is 8.33. The molecule has 0 bridgehead atoms. The van der Waals surface area contributed by atoms with Gasteiger partial charge in [0.1, 0.15) is 12.1 Å². The molecule has 0 saturated carbocycles. The summed E-state index contributed by atoms with van der Waals surface area (Å²) in [5.74, 6) is 1.26. The summed E-state index contributed by atoms with van der Waals surface area (Å²) < 4.78 is 5.25. The van der Waals surface area contributed by atoms with Crippen molar-refractivity contribution in [2.24, 2.45) is 5.73 Å². The van der Waals surface area contributed by atoms with Crippen LogP contribution in [0.5, 0.6) is 0 Å². The summed E-state index contributed by atoms with van der Waals surface area (Å²) in [6, 6.07) is 1.97. The second kappa shape index (κ2) is 7.14. The minimum Gasteiger partial charge on any atom is -0.378 e. The van der Waals surface area contributed by atoms with Crippen LogP contribution in [0.3, 0.4) is 0 Å². The highest BCUT2D eigenvalue weighted by Gasteiger charge is 2.02. The molecule has 1 rings (SSSR count). The zero-order valence-electron chi connectivity index (χ0n) is 9.94.